The fraction of sp³-hybridized carbons (Fsp3) is 0.278. The Bertz CT molecular complexity index is 832. The summed E-state index contributed by atoms with van der Waals surface area (Å²) in [5.41, 5.74) is 0.394. The second-order valence-corrected chi connectivity index (χ2v) is 6.13. The molecule has 2 rings (SSSR count). The molecule has 2 aromatic carbocycles. The van der Waals surface area contributed by atoms with Gasteiger partial charge < -0.3 is 15.4 Å². The number of nitro groups is 1. The molecule has 0 saturated heterocycles. The van der Waals surface area contributed by atoms with Crippen LogP contribution in [-0.2, 0) is 11.3 Å². The van der Waals surface area contributed by atoms with Crippen LogP contribution in [0.1, 0.15) is 18.4 Å². The molecule has 0 aromatic heterocycles. The molecule has 2 N–H and O–H groups in total. The van der Waals surface area contributed by atoms with Crippen LogP contribution >= 0.6 is 11.6 Å². The van der Waals surface area contributed by atoms with E-state index in [9.17, 15) is 19.3 Å². The van der Waals surface area contributed by atoms with Crippen LogP contribution in [0, 0.1) is 15.9 Å². The Balaban J connectivity index is 1.98. The number of non-ortho nitro benzene ring substituents is 1. The van der Waals surface area contributed by atoms with Crippen LogP contribution in [-0.4, -0.2) is 24.4 Å². The molecular formula is C18H19ClFN3O4. The third-order valence-corrected chi connectivity index (χ3v) is 3.96. The zero-order valence-corrected chi connectivity index (χ0v) is 15.4. The van der Waals surface area contributed by atoms with Crippen LogP contribution in [0.2, 0.25) is 5.02 Å². The quantitative estimate of drug-likeness (QED) is 0.382. The van der Waals surface area contributed by atoms with Crippen molar-refractivity contribution in [3.05, 3.63) is 62.9 Å². The normalized spacial score (nSPS) is 10.5. The Kier molecular flexibility index (Phi) is 7.51. The molecule has 0 saturated carbocycles. The lowest BCUT2D eigenvalue weighted by Crippen LogP contribution is -2.23. The van der Waals surface area contributed by atoms with E-state index >= 15 is 0 Å². The molecule has 9 heteroatoms. The maximum Gasteiger partial charge on any atom is 0.271 e. The van der Waals surface area contributed by atoms with E-state index in [1.54, 1.807) is 6.07 Å². The van der Waals surface area contributed by atoms with Crippen molar-refractivity contribution in [3.8, 4) is 11.5 Å². The molecule has 2 aromatic rings. The average molecular weight is 396 g/mol. The zero-order chi connectivity index (χ0) is 19.8. The summed E-state index contributed by atoms with van der Waals surface area (Å²) in [6, 6.07) is 7.94. The number of halogens is 2. The molecule has 0 bridgehead atoms. The molecule has 0 fully saturated rings. The summed E-state index contributed by atoms with van der Waals surface area (Å²) in [4.78, 5) is 21.8. The van der Waals surface area contributed by atoms with Gasteiger partial charge in [-0.05, 0) is 43.8 Å². The van der Waals surface area contributed by atoms with Crippen LogP contribution < -0.4 is 15.4 Å². The molecule has 0 aliphatic heterocycles. The highest BCUT2D eigenvalue weighted by atomic mass is 35.5. The standard InChI is InChI=1S/C18H19ClFN3O4/c1-21-8-2-3-18(24)22-11-12-4-6-17(15(20)9-12)27-16-7-5-13(23(25)26)10-14(16)19/h4-7,9-10,21H,2-3,8,11H2,1H3,(H,22,24). The average Bonchev–Trinajstić information content (AvgIpc) is 2.63. The molecule has 0 atom stereocenters. The molecule has 0 radical (unpaired) electrons. The number of nitro benzene ring substituents is 1. The fourth-order valence-electron chi connectivity index (χ4n) is 2.26. The van der Waals surface area contributed by atoms with E-state index in [4.69, 9.17) is 16.3 Å². The van der Waals surface area contributed by atoms with E-state index in [1.165, 1.54) is 24.3 Å². The van der Waals surface area contributed by atoms with E-state index in [1.807, 2.05) is 7.05 Å². The molecule has 0 heterocycles. The maximum absolute atomic E-state index is 14.3. The van der Waals surface area contributed by atoms with Crippen LogP contribution in [0.25, 0.3) is 0 Å². The largest absolute Gasteiger partial charge is 0.453 e. The van der Waals surface area contributed by atoms with E-state index in [-0.39, 0.29) is 34.7 Å². The summed E-state index contributed by atoms with van der Waals surface area (Å²) in [5, 5.41) is 16.4. The van der Waals surface area contributed by atoms with Gasteiger partial charge in [-0.15, -0.1) is 0 Å². The number of rotatable bonds is 9. The van der Waals surface area contributed by atoms with Crippen molar-refractivity contribution in [2.24, 2.45) is 0 Å². The molecule has 0 spiro atoms. The van der Waals surface area contributed by atoms with Crippen LogP contribution in [0.3, 0.4) is 0 Å². The smallest absolute Gasteiger partial charge is 0.271 e. The number of nitrogens with zero attached hydrogens (tertiary/aromatic N) is 1. The number of benzene rings is 2. The lowest BCUT2D eigenvalue weighted by atomic mass is 10.2. The lowest BCUT2D eigenvalue weighted by Gasteiger charge is -2.10. The molecule has 27 heavy (non-hydrogen) atoms. The van der Waals surface area contributed by atoms with Gasteiger partial charge in [0, 0.05) is 25.1 Å². The Morgan fingerprint density at radius 3 is 2.63 bits per heavy atom. The first kappa shape index (κ1) is 20.6. The molecule has 1 amide bonds. The van der Waals surface area contributed by atoms with Crippen molar-refractivity contribution < 1.29 is 18.8 Å². The SMILES string of the molecule is CNCCCC(=O)NCc1ccc(Oc2ccc([N+](=O)[O-])cc2Cl)c(F)c1. The summed E-state index contributed by atoms with van der Waals surface area (Å²) in [5.74, 6) is -0.711. The first-order valence-electron chi connectivity index (χ1n) is 8.22. The topological polar surface area (TPSA) is 93.5 Å². The maximum atomic E-state index is 14.3. The first-order chi connectivity index (χ1) is 12.9. The predicted octanol–water partition coefficient (Wildman–Crippen LogP) is 3.80. The van der Waals surface area contributed by atoms with Crippen molar-refractivity contribution in [2.45, 2.75) is 19.4 Å². The monoisotopic (exact) mass is 395 g/mol. The minimum atomic E-state index is -0.633. The van der Waals surface area contributed by atoms with Gasteiger partial charge in [0.1, 0.15) is 5.75 Å². The number of carbonyl (C=O) groups is 1. The molecular weight excluding hydrogens is 377 g/mol. The van der Waals surface area contributed by atoms with Gasteiger partial charge in [-0.3, -0.25) is 14.9 Å². The summed E-state index contributed by atoms with van der Waals surface area (Å²) in [6.45, 7) is 0.952. The first-order valence-corrected chi connectivity index (χ1v) is 8.60. The number of amides is 1. The number of carbonyl (C=O) groups excluding carboxylic acids is 1. The second kappa shape index (κ2) is 9.84. The highest BCUT2D eigenvalue weighted by Gasteiger charge is 2.13. The number of ether oxygens (including phenoxy) is 1. The van der Waals surface area contributed by atoms with Gasteiger partial charge in [0.25, 0.3) is 5.69 Å². The van der Waals surface area contributed by atoms with Crippen molar-refractivity contribution in [1.29, 1.82) is 0 Å². The van der Waals surface area contributed by atoms with Gasteiger partial charge in [-0.1, -0.05) is 17.7 Å². The van der Waals surface area contributed by atoms with Crippen molar-refractivity contribution in [1.82, 2.24) is 10.6 Å². The highest BCUT2D eigenvalue weighted by Crippen LogP contribution is 2.33. The minimum absolute atomic E-state index is 0.00140. The van der Waals surface area contributed by atoms with Gasteiger partial charge in [-0.2, -0.15) is 0 Å². The van der Waals surface area contributed by atoms with Crippen LogP contribution in [0.15, 0.2) is 36.4 Å². The van der Waals surface area contributed by atoms with Crippen molar-refractivity contribution in [3.63, 3.8) is 0 Å². The van der Waals surface area contributed by atoms with Gasteiger partial charge >= 0.3 is 0 Å². The van der Waals surface area contributed by atoms with Crippen LogP contribution in [0.4, 0.5) is 10.1 Å². The van der Waals surface area contributed by atoms with Gasteiger partial charge in [-0.25, -0.2) is 4.39 Å². The Labute approximate surface area is 160 Å². The molecule has 0 aliphatic carbocycles. The predicted molar refractivity (Wildman–Crippen MR) is 99.6 cm³/mol. The Morgan fingerprint density at radius 1 is 1.26 bits per heavy atom. The molecule has 144 valence electrons. The number of nitrogens with one attached hydrogen (secondary N) is 2. The minimum Gasteiger partial charge on any atom is -0.453 e. The highest BCUT2D eigenvalue weighted by molar-refractivity contribution is 6.32. The fourth-order valence-corrected chi connectivity index (χ4v) is 2.47. The Hall–Kier alpha value is -2.71. The lowest BCUT2D eigenvalue weighted by molar-refractivity contribution is -0.384. The molecule has 0 aliphatic rings. The van der Waals surface area contributed by atoms with Gasteiger partial charge in [0.2, 0.25) is 5.91 Å². The third kappa shape index (κ3) is 6.19. The van der Waals surface area contributed by atoms with Crippen molar-refractivity contribution in [2.75, 3.05) is 13.6 Å². The van der Waals surface area contributed by atoms with E-state index < -0.39 is 10.7 Å². The van der Waals surface area contributed by atoms with Crippen molar-refractivity contribution >= 4 is 23.2 Å². The van der Waals surface area contributed by atoms with Gasteiger partial charge in [0.05, 0.1) is 9.95 Å². The number of hydrogen-bond donors (Lipinski definition) is 2. The third-order valence-electron chi connectivity index (χ3n) is 3.66. The van der Waals surface area contributed by atoms with E-state index in [0.717, 1.165) is 19.0 Å². The van der Waals surface area contributed by atoms with Gasteiger partial charge in [0.15, 0.2) is 11.6 Å². The summed E-state index contributed by atoms with van der Waals surface area (Å²) >= 11 is 5.94. The summed E-state index contributed by atoms with van der Waals surface area (Å²) in [6.07, 6.45) is 1.11. The summed E-state index contributed by atoms with van der Waals surface area (Å²) in [7, 11) is 1.81. The Morgan fingerprint density at radius 2 is 2.00 bits per heavy atom. The molecule has 0 unspecified atom stereocenters. The summed E-state index contributed by atoms with van der Waals surface area (Å²) < 4.78 is 19.6. The molecule has 7 nitrogen and oxygen atoms in total. The van der Waals surface area contributed by atoms with E-state index in [0.29, 0.717) is 12.0 Å². The van der Waals surface area contributed by atoms with Crippen LogP contribution in [0.5, 0.6) is 11.5 Å². The second-order valence-electron chi connectivity index (χ2n) is 5.72. The number of hydrogen-bond acceptors (Lipinski definition) is 5. The zero-order valence-electron chi connectivity index (χ0n) is 14.6. The van der Waals surface area contributed by atoms with E-state index in [2.05, 4.69) is 10.6 Å².